The first-order valence-electron chi connectivity index (χ1n) is 7.81. The number of hydrogen-bond acceptors (Lipinski definition) is 3. The van der Waals surface area contributed by atoms with E-state index in [1.54, 1.807) is 31.4 Å². The van der Waals surface area contributed by atoms with Gasteiger partial charge in [-0.3, -0.25) is 9.59 Å². The Labute approximate surface area is 142 Å². The maximum atomic E-state index is 12.2. The minimum atomic E-state index is -0.179. The lowest BCUT2D eigenvalue weighted by atomic mass is 10.1. The van der Waals surface area contributed by atoms with E-state index in [9.17, 15) is 9.59 Å². The summed E-state index contributed by atoms with van der Waals surface area (Å²) in [5.41, 5.74) is 2.04. The molecule has 2 amide bonds. The summed E-state index contributed by atoms with van der Waals surface area (Å²) in [4.78, 5) is 24.0. The van der Waals surface area contributed by atoms with Crippen LogP contribution in [0.1, 0.15) is 40.1 Å². The third-order valence-electron chi connectivity index (χ3n) is 3.44. The predicted octanol–water partition coefficient (Wildman–Crippen LogP) is 2.76. The molecule has 2 rings (SSSR count). The Balaban J connectivity index is 1.93. The molecule has 0 atom stereocenters. The van der Waals surface area contributed by atoms with E-state index in [2.05, 4.69) is 10.6 Å². The molecule has 5 nitrogen and oxygen atoms in total. The SMILES string of the molecule is COc1ccc(CNC(=O)c2ccc(C(=O)NC(C)C)cc2)cc1. The molecule has 2 aromatic carbocycles. The number of rotatable bonds is 6. The number of amides is 2. The lowest BCUT2D eigenvalue weighted by Gasteiger charge is -2.09. The van der Waals surface area contributed by atoms with Crippen LogP contribution in [0.3, 0.4) is 0 Å². The number of carbonyl (C=O) groups is 2. The van der Waals surface area contributed by atoms with Crippen LogP contribution in [0.2, 0.25) is 0 Å². The van der Waals surface area contributed by atoms with Crippen LogP contribution < -0.4 is 15.4 Å². The van der Waals surface area contributed by atoms with Crippen LogP contribution in [0.15, 0.2) is 48.5 Å². The molecule has 5 heteroatoms. The van der Waals surface area contributed by atoms with E-state index in [0.717, 1.165) is 11.3 Å². The van der Waals surface area contributed by atoms with E-state index in [-0.39, 0.29) is 17.9 Å². The fourth-order valence-corrected chi connectivity index (χ4v) is 2.15. The number of methoxy groups -OCH3 is 1. The van der Waals surface area contributed by atoms with Crippen molar-refractivity contribution in [2.75, 3.05) is 7.11 Å². The molecule has 2 N–H and O–H groups in total. The quantitative estimate of drug-likeness (QED) is 0.858. The van der Waals surface area contributed by atoms with Gasteiger partial charge < -0.3 is 15.4 Å². The standard InChI is InChI=1S/C19H22N2O3/c1-13(2)21-19(23)16-8-6-15(7-9-16)18(22)20-12-14-4-10-17(24-3)11-5-14/h4-11,13H,12H2,1-3H3,(H,20,22)(H,21,23). The van der Waals surface area contributed by atoms with Crippen molar-refractivity contribution in [3.63, 3.8) is 0 Å². The Kier molecular flexibility index (Phi) is 5.95. The van der Waals surface area contributed by atoms with Gasteiger partial charge in [-0.15, -0.1) is 0 Å². The van der Waals surface area contributed by atoms with Crippen LogP contribution >= 0.6 is 0 Å². The molecule has 0 saturated heterocycles. The van der Waals surface area contributed by atoms with Crippen LogP contribution in [-0.2, 0) is 6.54 Å². The summed E-state index contributed by atoms with van der Waals surface area (Å²) in [6.07, 6.45) is 0. The van der Waals surface area contributed by atoms with Gasteiger partial charge in [0.2, 0.25) is 0 Å². The van der Waals surface area contributed by atoms with Crippen LogP contribution in [0.5, 0.6) is 5.75 Å². The van der Waals surface area contributed by atoms with Crippen molar-refractivity contribution in [3.05, 3.63) is 65.2 Å². The van der Waals surface area contributed by atoms with E-state index in [0.29, 0.717) is 17.7 Å². The minimum Gasteiger partial charge on any atom is -0.497 e. The third kappa shape index (κ3) is 4.84. The molecule has 0 radical (unpaired) electrons. The van der Waals surface area contributed by atoms with E-state index >= 15 is 0 Å². The second-order valence-electron chi connectivity index (χ2n) is 5.74. The molecule has 126 valence electrons. The van der Waals surface area contributed by atoms with Crippen molar-refractivity contribution in [1.82, 2.24) is 10.6 Å². The van der Waals surface area contributed by atoms with Gasteiger partial charge in [0.25, 0.3) is 11.8 Å². The zero-order chi connectivity index (χ0) is 17.5. The fourth-order valence-electron chi connectivity index (χ4n) is 2.15. The minimum absolute atomic E-state index is 0.0740. The lowest BCUT2D eigenvalue weighted by molar-refractivity contribution is 0.0934. The van der Waals surface area contributed by atoms with Crippen LogP contribution in [-0.4, -0.2) is 25.0 Å². The average molecular weight is 326 g/mol. The molecule has 0 aliphatic rings. The summed E-state index contributed by atoms with van der Waals surface area (Å²) >= 11 is 0. The van der Waals surface area contributed by atoms with E-state index in [4.69, 9.17) is 4.74 Å². The van der Waals surface area contributed by atoms with Crippen molar-refractivity contribution < 1.29 is 14.3 Å². The summed E-state index contributed by atoms with van der Waals surface area (Å²) in [5.74, 6) is 0.456. The van der Waals surface area contributed by atoms with Crippen molar-refractivity contribution >= 4 is 11.8 Å². The molecule has 0 aliphatic carbocycles. The smallest absolute Gasteiger partial charge is 0.251 e. The summed E-state index contributed by atoms with van der Waals surface area (Å²) in [7, 11) is 1.61. The Bertz CT molecular complexity index is 692. The Hall–Kier alpha value is -2.82. The number of benzene rings is 2. The maximum Gasteiger partial charge on any atom is 0.251 e. The monoisotopic (exact) mass is 326 g/mol. The second-order valence-corrected chi connectivity index (χ2v) is 5.74. The largest absolute Gasteiger partial charge is 0.497 e. The fraction of sp³-hybridized carbons (Fsp3) is 0.263. The number of carbonyl (C=O) groups excluding carboxylic acids is 2. The summed E-state index contributed by atoms with van der Waals surface area (Å²) < 4.78 is 5.10. The van der Waals surface area contributed by atoms with Gasteiger partial charge in [-0.25, -0.2) is 0 Å². The Morgan fingerprint density at radius 3 is 1.96 bits per heavy atom. The number of nitrogens with one attached hydrogen (secondary N) is 2. The molecule has 0 unspecified atom stereocenters. The third-order valence-corrected chi connectivity index (χ3v) is 3.44. The highest BCUT2D eigenvalue weighted by molar-refractivity contribution is 5.97. The van der Waals surface area contributed by atoms with Gasteiger partial charge in [0.05, 0.1) is 7.11 Å². The topological polar surface area (TPSA) is 67.4 Å². The van der Waals surface area contributed by atoms with E-state index < -0.39 is 0 Å². The molecule has 24 heavy (non-hydrogen) atoms. The first-order valence-corrected chi connectivity index (χ1v) is 7.81. The van der Waals surface area contributed by atoms with Crippen molar-refractivity contribution in [1.29, 1.82) is 0 Å². The first kappa shape index (κ1) is 17.5. The molecule has 0 heterocycles. The van der Waals surface area contributed by atoms with Gasteiger partial charge in [-0.2, -0.15) is 0 Å². The van der Waals surface area contributed by atoms with Crippen LogP contribution in [0, 0.1) is 0 Å². The van der Waals surface area contributed by atoms with Crippen molar-refractivity contribution in [3.8, 4) is 5.75 Å². The number of ether oxygens (including phenoxy) is 1. The first-order chi connectivity index (χ1) is 11.5. The normalized spacial score (nSPS) is 10.3. The molecule has 0 aromatic heterocycles. The molecule has 0 bridgehead atoms. The maximum absolute atomic E-state index is 12.2. The highest BCUT2D eigenvalue weighted by Gasteiger charge is 2.09. The highest BCUT2D eigenvalue weighted by atomic mass is 16.5. The van der Waals surface area contributed by atoms with Gasteiger partial charge in [0.15, 0.2) is 0 Å². The van der Waals surface area contributed by atoms with Gasteiger partial charge >= 0.3 is 0 Å². The molecular weight excluding hydrogens is 304 g/mol. The summed E-state index contributed by atoms with van der Waals surface area (Å²) in [6, 6.07) is 14.2. The number of hydrogen-bond donors (Lipinski definition) is 2. The van der Waals surface area contributed by atoms with Crippen molar-refractivity contribution in [2.24, 2.45) is 0 Å². The summed E-state index contributed by atoms with van der Waals surface area (Å²) in [5, 5.41) is 5.67. The molecule has 0 fully saturated rings. The molecule has 0 spiro atoms. The van der Waals surface area contributed by atoms with E-state index in [1.165, 1.54) is 0 Å². The average Bonchev–Trinajstić information content (AvgIpc) is 2.59. The highest BCUT2D eigenvalue weighted by Crippen LogP contribution is 2.11. The Morgan fingerprint density at radius 2 is 1.46 bits per heavy atom. The van der Waals surface area contributed by atoms with Crippen molar-refractivity contribution in [2.45, 2.75) is 26.4 Å². The molecule has 0 saturated carbocycles. The Morgan fingerprint density at radius 1 is 0.917 bits per heavy atom. The van der Waals surface area contributed by atoms with Crippen LogP contribution in [0.4, 0.5) is 0 Å². The van der Waals surface area contributed by atoms with Gasteiger partial charge in [0.1, 0.15) is 5.75 Å². The van der Waals surface area contributed by atoms with Gasteiger partial charge in [-0.1, -0.05) is 12.1 Å². The zero-order valence-corrected chi connectivity index (χ0v) is 14.1. The second kappa shape index (κ2) is 8.15. The van der Waals surface area contributed by atoms with E-state index in [1.807, 2.05) is 38.1 Å². The van der Waals surface area contributed by atoms with Gasteiger partial charge in [-0.05, 0) is 55.8 Å². The van der Waals surface area contributed by atoms with Crippen LogP contribution in [0.25, 0.3) is 0 Å². The molecule has 0 aliphatic heterocycles. The summed E-state index contributed by atoms with van der Waals surface area (Å²) in [6.45, 7) is 4.23. The van der Waals surface area contributed by atoms with Gasteiger partial charge in [0, 0.05) is 23.7 Å². The molecular formula is C19H22N2O3. The predicted molar refractivity (Wildman–Crippen MR) is 93.2 cm³/mol. The lowest BCUT2D eigenvalue weighted by Crippen LogP contribution is -2.30. The zero-order valence-electron chi connectivity index (χ0n) is 14.1. The molecule has 2 aromatic rings.